The zero-order chi connectivity index (χ0) is 7.14. The molecule has 2 aliphatic heterocycles. The van der Waals surface area contributed by atoms with Crippen molar-refractivity contribution in [2.75, 3.05) is 0 Å². The van der Waals surface area contributed by atoms with Crippen LogP contribution in [0.1, 0.15) is 12.8 Å². The second kappa shape index (κ2) is 1.71. The molecule has 0 aliphatic carbocycles. The monoisotopic (exact) mass is 141 g/mol. The Kier molecular flexibility index (Phi) is 0.977. The van der Waals surface area contributed by atoms with Crippen LogP contribution in [0.3, 0.4) is 0 Å². The lowest BCUT2D eigenvalue weighted by Gasteiger charge is -2.02. The van der Waals surface area contributed by atoms with Crippen LogP contribution in [0.15, 0.2) is 0 Å². The van der Waals surface area contributed by atoms with Crippen molar-refractivity contribution in [3.05, 3.63) is 0 Å². The fraction of sp³-hybridized carbons (Fsp3) is 0.667. The highest BCUT2D eigenvalue weighted by molar-refractivity contribution is 5.84. The number of amides is 1. The molecular weight excluding hydrogens is 134 g/mol. The van der Waals surface area contributed by atoms with E-state index in [1.807, 2.05) is 0 Å². The number of rotatable bonds is 0. The van der Waals surface area contributed by atoms with Crippen LogP contribution in [0.5, 0.6) is 0 Å². The fourth-order valence-electron chi connectivity index (χ4n) is 1.39. The summed E-state index contributed by atoms with van der Waals surface area (Å²) in [6, 6.07) is -0.0417. The molecule has 0 spiro atoms. The topological polar surface area (TPSA) is 55.4 Å². The summed E-state index contributed by atoms with van der Waals surface area (Å²) in [5.41, 5.74) is 0. The second-order valence-corrected chi connectivity index (χ2v) is 2.61. The normalized spacial score (nSPS) is 37.2. The Morgan fingerprint density at radius 1 is 1.40 bits per heavy atom. The summed E-state index contributed by atoms with van der Waals surface area (Å²) < 4.78 is 4.83. The van der Waals surface area contributed by atoms with Gasteiger partial charge in [-0.2, -0.15) is 0 Å². The average molecular weight is 141 g/mol. The molecule has 2 aliphatic rings. The van der Waals surface area contributed by atoms with Gasteiger partial charge in [0.25, 0.3) is 0 Å². The molecule has 10 heavy (non-hydrogen) atoms. The maximum Gasteiger partial charge on any atom is 0.308 e. The molecule has 2 atom stereocenters. The highest BCUT2D eigenvalue weighted by atomic mass is 16.6. The molecule has 2 unspecified atom stereocenters. The third-order valence-electron chi connectivity index (χ3n) is 1.85. The summed E-state index contributed by atoms with van der Waals surface area (Å²) in [6.45, 7) is 0. The minimum Gasteiger partial charge on any atom is -0.460 e. The van der Waals surface area contributed by atoms with Crippen molar-refractivity contribution in [1.82, 2.24) is 5.32 Å². The molecule has 0 aromatic carbocycles. The van der Waals surface area contributed by atoms with Gasteiger partial charge in [-0.25, -0.2) is 0 Å². The third-order valence-corrected chi connectivity index (χ3v) is 1.85. The van der Waals surface area contributed by atoms with Crippen molar-refractivity contribution >= 4 is 11.9 Å². The molecule has 1 N–H and O–H groups in total. The van der Waals surface area contributed by atoms with Gasteiger partial charge in [0, 0.05) is 0 Å². The summed E-state index contributed by atoms with van der Waals surface area (Å²) in [6.07, 6.45) is 0.507. The third kappa shape index (κ3) is 0.683. The SMILES string of the molecule is O=C1CC2OC(=O)CC2N1. The minimum atomic E-state index is -0.199. The van der Waals surface area contributed by atoms with Crippen LogP contribution >= 0.6 is 0 Å². The highest BCUT2D eigenvalue weighted by Gasteiger charge is 2.41. The van der Waals surface area contributed by atoms with Crippen LogP contribution in [0, 0.1) is 0 Å². The molecule has 54 valence electrons. The van der Waals surface area contributed by atoms with Crippen molar-refractivity contribution in [2.45, 2.75) is 25.0 Å². The average Bonchev–Trinajstić information content (AvgIpc) is 2.21. The molecule has 0 aromatic rings. The first-order valence-corrected chi connectivity index (χ1v) is 3.24. The van der Waals surface area contributed by atoms with Crippen molar-refractivity contribution in [1.29, 1.82) is 0 Å². The van der Waals surface area contributed by atoms with Gasteiger partial charge >= 0.3 is 5.97 Å². The number of hydrogen-bond donors (Lipinski definition) is 1. The molecule has 2 rings (SSSR count). The lowest BCUT2D eigenvalue weighted by Crippen LogP contribution is -2.27. The number of fused-ring (bicyclic) bond motifs is 1. The van der Waals surface area contributed by atoms with E-state index in [1.54, 1.807) is 0 Å². The predicted molar refractivity (Wildman–Crippen MR) is 31.0 cm³/mol. The number of carbonyl (C=O) groups excluding carboxylic acids is 2. The Morgan fingerprint density at radius 3 is 2.90 bits per heavy atom. The van der Waals surface area contributed by atoms with E-state index in [1.165, 1.54) is 0 Å². The van der Waals surface area contributed by atoms with Crippen LogP contribution in [-0.2, 0) is 14.3 Å². The Balaban J connectivity index is 2.12. The summed E-state index contributed by atoms with van der Waals surface area (Å²) in [5.74, 6) is -0.211. The number of esters is 1. The molecule has 0 aromatic heterocycles. The first-order chi connectivity index (χ1) is 4.75. The quantitative estimate of drug-likeness (QED) is 0.449. The number of ether oxygens (including phenoxy) is 1. The first-order valence-electron chi connectivity index (χ1n) is 3.24. The number of nitrogens with one attached hydrogen (secondary N) is 1. The maximum atomic E-state index is 10.7. The summed E-state index contributed by atoms with van der Waals surface area (Å²) in [5, 5.41) is 2.66. The first kappa shape index (κ1) is 5.70. The molecule has 0 bridgehead atoms. The molecule has 1 amide bonds. The summed E-state index contributed by atoms with van der Waals surface area (Å²) in [7, 11) is 0. The van der Waals surface area contributed by atoms with Crippen molar-refractivity contribution in [3.63, 3.8) is 0 Å². The van der Waals surface area contributed by atoms with E-state index in [-0.39, 0.29) is 24.0 Å². The molecule has 2 saturated heterocycles. The van der Waals surface area contributed by atoms with Gasteiger partial charge in [-0.3, -0.25) is 9.59 Å². The Bertz CT molecular complexity index is 163. The lowest BCUT2D eigenvalue weighted by molar-refractivity contribution is -0.141. The van der Waals surface area contributed by atoms with Gasteiger partial charge in [-0.05, 0) is 0 Å². The van der Waals surface area contributed by atoms with E-state index in [0.29, 0.717) is 12.8 Å². The van der Waals surface area contributed by atoms with E-state index in [0.717, 1.165) is 0 Å². The van der Waals surface area contributed by atoms with Crippen molar-refractivity contribution in [2.24, 2.45) is 0 Å². The van der Waals surface area contributed by atoms with E-state index in [2.05, 4.69) is 5.32 Å². The molecule has 4 nitrogen and oxygen atoms in total. The minimum absolute atomic E-state index is 0.0116. The largest absolute Gasteiger partial charge is 0.460 e. The van der Waals surface area contributed by atoms with Crippen LogP contribution < -0.4 is 5.32 Å². The maximum absolute atomic E-state index is 10.7. The highest BCUT2D eigenvalue weighted by Crippen LogP contribution is 2.22. The zero-order valence-electron chi connectivity index (χ0n) is 5.29. The smallest absolute Gasteiger partial charge is 0.308 e. The van der Waals surface area contributed by atoms with Crippen LogP contribution in [0.2, 0.25) is 0 Å². The molecule has 2 heterocycles. The Labute approximate surface area is 57.5 Å². The van der Waals surface area contributed by atoms with Gasteiger partial charge in [0.15, 0.2) is 0 Å². The van der Waals surface area contributed by atoms with Gasteiger partial charge in [0.1, 0.15) is 6.10 Å². The molecule has 0 radical (unpaired) electrons. The van der Waals surface area contributed by atoms with E-state index in [9.17, 15) is 9.59 Å². The second-order valence-electron chi connectivity index (χ2n) is 2.61. The molecule has 0 saturated carbocycles. The molecular formula is C6H7NO3. The Morgan fingerprint density at radius 2 is 2.20 bits per heavy atom. The fourth-order valence-corrected chi connectivity index (χ4v) is 1.39. The lowest BCUT2D eigenvalue weighted by atomic mass is 10.2. The van der Waals surface area contributed by atoms with Crippen LogP contribution in [0.4, 0.5) is 0 Å². The van der Waals surface area contributed by atoms with Crippen LogP contribution in [-0.4, -0.2) is 24.0 Å². The number of carbonyl (C=O) groups is 2. The number of hydrogen-bond acceptors (Lipinski definition) is 3. The van der Waals surface area contributed by atoms with Gasteiger partial charge in [-0.1, -0.05) is 0 Å². The van der Waals surface area contributed by atoms with Crippen molar-refractivity contribution < 1.29 is 14.3 Å². The molecule has 4 heteroatoms. The standard InChI is InChI=1S/C6H7NO3/c8-5-2-4-3(7-5)1-6(9)10-4/h3-4H,1-2H2,(H,7,8). The Hall–Kier alpha value is -1.06. The predicted octanol–water partition coefficient (Wildman–Crippen LogP) is -0.810. The van der Waals surface area contributed by atoms with E-state index in [4.69, 9.17) is 4.74 Å². The van der Waals surface area contributed by atoms with E-state index >= 15 is 0 Å². The van der Waals surface area contributed by atoms with E-state index < -0.39 is 0 Å². The van der Waals surface area contributed by atoms with Gasteiger partial charge in [0.2, 0.25) is 5.91 Å². The van der Waals surface area contributed by atoms with Crippen LogP contribution in [0.25, 0.3) is 0 Å². The van der Waals surface area contributed by atoms with Gasteiger partial charge < -0.3 is 10.1 Å². The summed E-state index contributed by atoms with van der Waals surface area (Å²) in [4.78, 5) is 21.3. The zero-order valence-corrected chi connectivity index (χ0v) is 5.29. The summed E-state index contributed by atoms with van der Waals surface area (Å²) >= 11 is 0. The van der Waals surface area contributed by atoms with Crippen molar-refractivity contribution in [3.8, 4) is 0 Å². The molecule has 2 fully saturated rings. The van der Waals surface area contributed by atoms with Gasteiger partial charge in [0.05, 0.1) is 18.9 Å². The van der Waals surface area contributed by atoms with Gasteiger partial charge in [-0.15, -0.1) is 0 Å².